The quantitative estimate of drug-likeness (QED) is 0.781. The lowest BCUT2D eigenvalue weighted by molar-refractivity contribution is 0.963. The number of pyridine rings is 1. The van der Waals surface area contributed by atoms with E-state index in [1.54, 1.807) is 23.6 Å². The molecule has 0 atom stereocenters. The van der Waals surface area contributed by atoms with Crippen LogP contribution in [0, 0.1) is 0 Å². The maximum absolute atomic E-state index is 6.16. The van der Waals surface area contributed by atoms with Crippen LogP contribution in [0.2, 0.25) is 10.0 Å². The van der Waals surface area contributed by atoms with Crippen LogP contribution >= 0.6 is 34.5 Å². The van der Waals surface area contributed by atoms with Crippen LogP contribution in [0.25, 0.3) is 16.2 Å². The van der Waals surface area contributed by atoms with Crippen LogP contribution in [0.15, 0.2) is 29.8 Å². The van der Waals surface area contributed by atoms with Crippen molar-refractivity contribution in [2.45, 2.75) is 6.54 Å². The zero-order valence-corrected chi connectivity index (χ0v) is 11.6. The highest BCUT2D eigenvalue weighted by Crippen LogP contribution is 2.31. The van der Waals surface area contributed by atoms with Gasteiger partial charge in [-0.15, -0.1) is 11.3 Å². The first-order chi connectivity index (χ1) is 8.70. The van der Waals surface area contributed by atoms with Crippen LogP contribution < -0.4 is 5.73 Å². The molecule has 0 radical (unpaired) electrons. The zero-order chi connectivity index (χ0) is 12.7. The molecule has 0 fully saturated rings. The number of imidazole rings is 1. The van der Waals surface area contributed by atoms with Crippen LogP contribution in [0.5, 0.6) is 0 Å². The Hall–Kier alpha value is -1.07. The van der Waals surface area contributed by atoms with Gasteiger partial charge in [0.05, 0.1) is 20.6 Å². The van der Waals surface area contributed by atoms with Crippen molar-refractivity contribution < 1.29 is 0 Å². The lowest BCUT2D eigenvalue weighted by Gasteiger charge is -2.01. The van der Waals surface area contributed by atoms with E-state index in [0.29, 0.717) is 22.2 Å². The summed E-state index contributed by atoms with van der Waals surface area (Å²) in [6.07, 6.45) is 1.79. The third kappa shape index (κ3) is 1.82. The van der Waals surface area contributed by atoms with Crippen molar-refractivity contribution in [2.75, 3.05) is 0 Å². The SMILES string of the molecule is NCc1c(-c2cccs2)nc2c(Cl)cc(Cl)cn12. The minimum atomic E-state index is 0.380. The summed E-state index contributed by atoms with van der Waals surface area (Å²) in [5.74, 6) is 0. The van der Waals surface area contributed by atoms with Crippen molar-refractivity contribution in [3.05, 3.63) is 45.5 Å². The third-order valence-electron chi connectivity index (χ3n) is 2.69. The van der Waals surface area contributed by atoms with Gasteiger partial charge in [-0.3, -0.25) is 4.40 Å². The number of nitrogens with two attached hydrogens (primary N) is 1. The van der Waals surface area contributed by atoms with Crippen molar-refractivity contribution >= 4 is 40.2 Å². The molecule has 0 amide bonds. The number of hydrogen-bond acceptors (Lipinski definition) is 3. The second-order valence-electron chi connectivity index (χ2n) is 3.79. The van der Waals surface area contributed by atoms with E-state index >= 15 is 0 Å². The van der Waals surface area contributed by atoms with E-state index < -0.39 is 0 Å². The van der Waals surface area contributed by atoms with E-state index in [2.05, 4.69) is 4.98 Å². The van der Waals surface area contributed by atoms with E-state index in [0.717, 1.165) is 16.3 Å². The van der Waals surface area contributed by atoms with Crippen molar-refractivity contribution in [2.24, 2.45) is 5.73 Å². The summed E-state index contributed by atoms with van der Waals surface area (Å²) in [4.78, 5) is 5.64. The van der Waals surface area contributed by atoms with Gasteiger partial charge in [0.1, 0.15) is 5.69 Å². The lowest BCUT2D eigenvalue weighted by atomic mass is 10.3. The van der Waals surface area contributed by atoms with Gasteiger partial charge in [-0.25, -0.2) is 4.98 Å². The molecule has 0 saturated heterocycles. The topological polar surface area (TPSA) is 43.3 Å². The Kier molecular flexibility index (Phi) is 3.03. The van der Waals surface area contributed by atoms with Crippen molar-refractivity contribution in [1.29, 1.82) is 0 Å². The van der Waals surface area contributed by atoms with E-state index in [-0.39, 0.29) is 0 Å². The molecule has 6 heteroatoms. The predicted octanol–water partition coefficient (Wildman–Crippen LogP) is 3.83. The predicted molar refractivity (Wildman–Crippen MR) is 76.4 cm³/mol. The molecule has 18 heavy (non-hydrogen) atoms. The van der Waals surface area contributed by atoms with Gasteiger partial charge in [0.15, 0.2) is 5.65 Å². The normalized spacial score (nSPS) is 11.3. The first-order valence-corrected chi connectivity index (χ1v) is 6.94. The van der Waals surface area contributed by atoms with Crippen LogP contribution in [-0.4, -0.2) is 9.38 Å². The van der Waals surface area contributed by atoms with Crippen LogP contribution in [-0.2, 0) is 6.54 Å². The van der Waals surface area contributed by atoms with Gasteiger partial charge < -0.3 is 5.73 Å². The minimum absolute atomic E-state index is 0.380. The summed E-state index contributed by atoms with van der Waals surface area (Å²) in [6.45, 7) is 0.380. The second kappa shape index (κ2) is 4.55. The average molecular weight is 298 g/mol. The largest absolute Gasteiger partial charge is 0.325 e. The summed E-state index contributed by atoms with van der Waals surface area (Å²) in [7, 11) is 0. The Morgan fingerprint density at radius 1 is 1.39 bits per heavy atom. The van der Waals surface area contributed by atoms with Crippen LogP contribution in [0.4, 0.5) is 0 Å². The number of nitrogens with zero attached hydrogens (tertiary/aromatic N) is 2. The molecule has 3 nitrogen and oxygen atoms in total. The molecule has 0 aliphatic rings. The Morgan fingerprint density at radius 3 is 2.89 bits per heavy atom. The monoisotopic (exact) mass is 297 g/mol. The number of thiophene rings is 1. The Balaban J connectivity index is 2.37. The van der Waals surface area contributed by atoms with Gasteiger partial charge in [-0.2, -0.15) is 0 Å². The first kappa shape index (κ1) is 12.0. The highest BCUT2D eigenvalue weighted by Gasteiger charge is 2.15. The molecule has 92 valence electrons. The summed E-state index contributed by atoms with van der Waals surface area (Å²) >= 11 is 13.8. The summed E-state index contributed by atoms with van der Waals surface area (Å²) in [5.41, 5.74) is 8.30. The fourth-order valence-electron chi connectivity index (χ4n) is 1.93. The summed E-state index contributed by atoms with van der Waals surface area (Å²) < 4.78 is 1.86. The molecule has 0 aliphatic heterocycles. The van der Waals surface area contributed by atoms with Gasteiger partial charge in [-0.05, 0) is 17.5 Å². The second-order valence-corrected chi connectivity index (χ2v) is 5.58. The van der Waals surface area contributed by atoms with Gasteiger partial charge in [-0.1, -0.05) is 29.3 Å². The third-order valence-corrected chi connectivity index (χ3v) is 4.05. The molecule has 3 rings (SSSR count). The molecule has 2 N–H and O–H groups in total. The van der Waals surface area contributed by atoms with E-state index in [1.165, 1.54) is 0 Å². The Bertz CT molecular complexity index is 704. The highest BCUT2D eigenvalue weighted by molar-refractivity contribution is 7.13. The molecule has 0 spiro atoms. The summed E-state index contributed by atoms with van der Waals surface area (Å²) in [6, 6.07) is 5.68. The van der Waals surface area contributed by atoms with Gasteiger partial charge in [0.25, 0.3) is 0 Å². The minimum Gasteiger partial charge on any atom is -0.325 e. The fraction of sp³-hybridized carbons (Fsp3) is 0.0833. The maximum Gasteiger partial charge on any atom is 0.156 e. The van der Waals surface area contributed by atoms with Crippen molar-refractivity contribution in [1.82, 2.24) is 9.38 Å². The van der Waals surface area contributed by atoms with Crippen molar-refractivity contribution in [3.8, 4) is 10.6 Å². The Morgan fingerprint density at radius 2 is 2.22 bits per heavy atom. The van der Waals surface area contributed by atoms with Crippen molar-refractivity contribution in [3.63, 3.8) is 0 Å². The molecular formula is C12H9Cl2N3S. The molecule has 0 aliphatic carbocycles. The zero-order valence-electron chi connectivity index (χ0n) is 9.23. The molecule has 0 saturated carbocycles. The molecule has 3 heterocycles. The van der Waals surface area contributed by atoms with Gasteiger partial charge in [0.2, 0.25) is 0 Å². The molecule has 0 bridgehead atoms. The average Bonchev–Trinajstić information content (AvgIpc) is 2.93. The van der Waals surface area contributed by atoms with E-state index in [9.17, 15) is 0 Å². The fourth-order valence-corrected chi connectivity index (χ4v) is 3.17. The lowest BCUT2D eigenvalue weighted by Crippen LogP contribution is -2.02. The van der Waals surface area contributed by atoms with Crippen LogP contribution in [0.1, 0.15) is 5.69 Å². The number of hydrogen-bond donors (Lipinski definition) is 1. The van der Waals surface area contributed by atoms with Crippen LogP contribution in [0.3, 0.4) is 0 Å². The smallest absolute Gasteiger partial charge is 0.156 e. The first-order valence-electron chi connectivity index (χ1n) is 5.30. The number of aromatic nitrogens is 2. The molecular weight excluding hydrogens is 289 g/mol. The highest BCUT2D eigenvalue weighted by atomic mass is 35.5. The molecule has 3 aromatic heterocycles. The summed E-state index contributed by atoms with van der Waals surface area (Å²) in [5, 5.41) is 3.10. The maximum atomic E-state index is 6.16. The van der Waals surface area contributed by atoms with E-state index in [4.69, 9.17) is 28.9 Å². The Labute approximate surface area is 118 Å². The molecule has 0 aromatic carbocycles. The number of fused-ring (bicyclic) bond motifs is 1. The number of halogens is 2. The number of rotatable bonds is 2. The van der Waals surface area contributed by atoms with E-state index in [1.807, 2.05) is 21.9 Å². The molecule has 0 unspecified atom stereocenters. The van der Waals surface area contributed by atoms with Gasteiger partial charge in [0, 0.05) is 12.7 Å². The molecule has 3 aromatic rings. The standard InChI is InChI=1S/C12H9Cl2N3S/c13-7-4-8(14)12-16-11(10-2-1-3-18-10)9(5-15)17(12)6-7/h1-4,6H,5,15H2. The van der Waals surface area contributed by atoms with Gasteiger partial charge >= 0.3 is 0 Å².